The molecule has 12 nitrogen and oxygen atoms in total. The highest BCUT2D eigenvalue weighted by atomic mass is 32.1. The van der Waals surface area contributed by atoms with E-state index in [0.29, 0.717) is 5.56 Å². The van der Waals surface area contributed by atoms with Crippen molar-refractivity contribution in [1.29, 1.82) is 0 Å². The number of ether oxygens (including phenoxy) is 4. The first kappa shape index (κ1) is 30.1. The Morgan fingerprint density at radius 1 is 1.13 bits per heavy atom. The maximum absolute atomic E-state index is 15.5. The standard InChI is InChI=1S/C30H28F2N4O8S/c1-17-19(8-12-45-17)24-20-5-6-21(31)23(32)26(20)42-11-4-9-30(13-33(14-30)18(2)37)34-15-36(24)35-10-7-22(38)27(25(35)28(34)39)43-16-44-29(40)41-3/h4-10,12,24H,11,13-16H2,1-3H3/b9-4+. The molecule has 5 heterocycles. The van der Waals surface area contributed by atoms with Gasteiger partial charge in [-0.15, -0.1) is 11.3 Å². The Hall–Kier alpha value is -4.92. The van der Waals surface area contributed by atoms with Crippen molar-refractivity contribution >= 4 is 29.3 Å². The summed E-state index contributed by atoms with van der Waals surface area (Å²) >= 11 is 1.44. The topological polar surface area (TPSA) is 120 Å². The Morgan fingerprint density at radius 3 is 2.60 bits per heavy atom. The van der Waals surface area contributed by atoms with Gasteiger partial charge < -0.3 is 28.7 Å². The summed E-state index contributed by atoms with van der Waals surface area (Å²) in [5, 5.41) is 3.57. The number of rotatable bonds is 4. The lowest BCUT2D eigenvalue weighted by molar-refractivity contribution is -0.139. The molecular formula is C30H28F2N4O8S. The second kappa shape index (κ2) is 11.5. The maximum Gasteiger partial charge on any atom is 0.510 e. The third-order valence-electron chi connectivity index (χ3n) is 8.12. The number of pyridine rings is 1. The SMILES string of the molecule is COC(=O)OCOc1c2n(ccc1=O)N1CN(C2=O)C2(/C=C/COc3c(ccc(F)c3F)C1c1ccsc1C)CN(C(C)=O)C2. The van der Waals surface area contributed by atoms with Crippen molar-refractivity contribution in [2.75, 3.05) is 45.3 Å². The number of nitrogens with zero attached hydrogens (tertiary/aromatic N) is 4. The summed E-state index contributed by atoms with van der Waals surface area (Å²) in [6.45, 7) is 2.58. The number of hydrogen-bond donors (Lipinski definition) is 0. The van der Waals surface area contributed by atoms with Crippen molar-refractivity contribution in [3.8, 4) is 11.5 Å². The molecule has 1 aromatic carbocycles. The minimum Gasteiger partial charge on any atom is -0.486 e. The van der Waals surface area contributed by atoms with Crippen LogP contribution >= 0.6 is 11.3 Å². The van der Waals surface area contributed by atoms with E-state index in [-0.39, 0.29) is 49.3 Å². The molecule has 3 aliphatic rings. The smallest absolute Gasteiger partial charge is 0.486 e. The third kappa shape index (κ3) is 5.06. The molecule has 0 N–H and O–H groups in total. The molecule has 15 heteroatoms. The van der Waals surface area contributed by atoms with Gasteiger partial charge in [0.05, 0.1) is 12.6 Å². The van der Waals surface area contributed by atoms with E-state index in [9.17, 15) is 23.6 Å². The number of carbonyl (C=O) groups excluding carboxylic acids is 3. The van der Waals surface area contributed by atoms with Crippen LogP contribution in [0.2, 0.25) is 0 Å². The van der Waals surface area contributed by atoms with Gasteiger partial charge in [-0.2, -0.15) is 4.39 Å². The number of aryl methyl sites for hydroxylation is 1. The fraction of sp³-hybridized carbons (Fsp3) is 0.333. The monoisotopic (exact) mass is 642 g/mol. The van der Waals surface area contributed by atoms with Crippen molar-refractivity contribution < 1.29 is 42.1 Å². The number of thiophene rings is 1. The summed E-state index contributed by atoms with van der Waals surface area (Å²) in [4.78, 5) is 55.4. The maximum atomic E-state index is 15.5. The first-order valence-corrected chi connectivity index (χ1v) is 14.7. The van der Waals surface area contributed by atoms with Crippen molar-refractivity contribution in [2.45, 2.75) is 25.4 Å². The predicted octanol–water partition coefficient (Wildman–Crippen LogP) is 3.31. The van der Waals surface area contributed by atoms with Crippen LogP contribution in [-0.4, -0.2) is 78.3 Å². The van der Waals surface area contributed by atoms with Gasteiger partial charge >= 0.3 is 6.16 Å². The van der Waals surface area contributed by atoms with Crippen molar-refractivity contribution in [3.63, 3.8) is 0 Å². The van der Waals surface area contributed by atoms with Crippen molar-refractivity contribution in [2.24, 2.45) is 0 Å². The molecule has 2 amide bonds. The zero-order valence-electron chi connectivity index (χ0n) is 24.5. The van der Waals surface area contributed by atoms with Crippen LogP contribution in [0.25, 0.3) is 0 Å². The first-order chi connectivity index (χ1) is 21.6. The molecular weight excluding hydrogens is 614 g/mol. The number of likely N-dealkylation sites (tertiary alicyclic amines) is 1. The number of fused-ring (bicyclic) bond motifs is 6. The van der Waals surface area contributed by atoms with Gasteiger partial charge in [0.2, 0.25) is 29.7 Å². The molecule has 1 spiro atoms. The van der Waals surface area contributed by atoms with Crippen LogP contribution in [0.4, 0.5) is 13.6 Å². The van der Waals surface area contributed by atoms with Gasteiger partial charge in [0.1, 0.15) is 19.3 Å². The number of methoxy groups -OCH3 is 1. The van der Waals surface area contributed by atoms with Gasteiger partial charge in [0, 0.05) is 42.7 Å². The average molecular weight is 643 g/mol. The number of halogens is 2. The molecule has 45 heavy (non-hydrogen) atoms. The number of carbonyl (C=O) groups is 3. The lowest BCUT2D eigenvalue weighted by atomic mass is 9.86. The minimum absolute atomic E-state index is 0.0960. The molecule has 1 unspecified atom stereocenters. The van der Waals surface area contributed by atoms with Crippen molar-refractivity contribution in [3.05, 3.63) is 91.6 Å². The number of hydrogen-bond acceptors (Lipinski definition) is 10. The molecule has 1 saturated heterocycles. The van der Waals surface area contributed by atoms with E-state index in [1.54, 1.807) is 22.1 Å². The van der Waals surface area contributed by atoms with Gasteiger partial charge in [-0.05, 0) is 42.1 Å². The fourth-order valence-electron chi connectivity index (χ4n) is 5.89. The van der Waals surface area contributed by atoms with Crippen LogP contribution in [0.1, 0.15) is 39.5 Å². The molecule has 0 aliphatic carbocycles. The van der Waals surface area contributed by atoms with Gasteiger partial charge in [-0.1, -0.05) is 6.08 Å². The molecule has 0 saturated carbocycles. The second-order valence-electron chi connectivity index (χ2n) is 10.7. The summed E-state index contributed by atoms with van der Waals surface area (Å²) in [6, 6.07) is 4.60. The third-order valence-corrected chi connectivity index (χ3v) is 8.98. The van der Waals surface area contributed by atoms with Crippen LogP contribution < -0.4 is 19.9 Å². The molecule has 236 valence electrons. The number of aromatic nitrogens is 1. The van der Waals surface area contributed by atoms with E-state index >= 15 is 4.39 Å². The van der Waals surface area contributed by atoms with E-state index in [1.807, 2.05) is 18.4 Å². The van der Waals surface area contributed by atoms with Gasteiger partial charge in [0.25, 0.3) is 5.91 Å². The molecule has 2 aromatic heterocycles. The first-order valence-electron chi connectivity index (χ1n) is 13.8. The van der Waals surface area contributed by atoms with Crippen LogP contribution in [0.3, 0.4) is 0 Å². The quantitative estimate of drug-likeness (QED) is 0.240. The van der Waals surface area contributed by atoms with Crippen LogP contribution in [0.5, 0.6) is 11.5 Å². The molecule has 1 atom stereocenters. The largest absolute Gasteiger partial charge is 0.510 e. The Labute approximate surface area is 259 Å². The fourth-order valence-corrected chi connectivity index (χ4v) is 6.62. The minimum atomic E-state index is -1.17. The van der Waals surface area contributed by atoms with E-state index in [4.69, 9.17) is 14.2 Å². The lowest BCUT2D eigenvalue weighted by Gasteiger charge is -2.57. The molecule has 3 aliphatic heterocycles. The van der Waals surface area contributed by atoms with Crippen LogP contribution in [0, 0.1) is 18.6 Å². The zero-order valence-corrected chi connectivity index (χ0v) is 25.3. The summed E-state index contributed by atoms with van der Waals surface area (Å²) in [5.41, 5.74) is -0.924. The predicted molar refractivity (Wildman–Crippen MR) is 156 cm³/mol. The Balaban J connectivity index is 1.60. The second-order valence-corrected chi connectivity index (χ2v) is 11.8. The number of benzene rings is 1. The Kier molecular flexibility index (Phi) is 7.72. The summed E-state index contributed by atoms with van der Waals surface area (Å²) in [5.74, 6) is -3.77. The van der Waals surface area contributed by atoms with Crippen LogP contribution in [0.15, 0.2) is 52.8 Å². The van der Waals surface area contributed by atoms with Gasteiger partial charge in [-0.25, -0.2) is 9.18 Å². The molecule has 6 rings (SSSR count). The van der Waals surface area contributed by atoms with Gasteiger partial charge in [0.15, 0.2) is 17.3 Å². The molecule has 1 fully saturated rings. The highest BCUT2D eigenvalue weighted by Gasteiger charge is 2.53. The molecule has 2 bridgehead atoms. The van der Waals surface area contributed by atoms with E-state index in [1.165, 1.54) is 46.2 Å². The summed E-state index contributed by atoms with van der Waals surface area (Å²) in [7, 11) is 1.10. The van der Waals surface area contributed by atoms with Crippen molar-refractivity contribution in [1.82, 2.24) is 14.5 Å². The van der Waals surface area contributed by atoms with E-state index in [0.717, 1.165) is 18.1 Å². The lowest BCUT2D eigenvalue weighted by Crippen LogP contribution is -2.74. The normalized spacial score (nSPS) is 19.0. The average Bonchev–Trinajstić information content (AvgIpc) is 3.41. The van der Waals surface area contributed by atoms with E-state index < -0.39 is 53.2 Å². The summed E-state index contributed by atoms with van der Waals surface area (Å²) < 4.78 is 52.3. The van der Waals surface area contributed by atoms with Crippen LogP contribution in [-0.2, 0) is 14.3 Å². The zero-order chi connectivity index (χ0) is 32.0. The summed E-state index contributed by atoms with van der Waals surface area (Å²) in [6.07, 6.45) is 3.62. The Morgan fingerprint density at radius 2 is 1.91 bits per heavy atom. The molecule has 0 radical (unpaired) electrons. The van der Waals surface area contributed by atoms with E-state index in [2.05, 4.69) is 4.74 Å². The highest BCUT2D eigenvalue weighted by molar-refractivity contribution is 7.10. The Bertz CT molecular complexity index is 1780. The van der Waals surface area contributed by atoms with Gasteiger partial charge in [-0.3, -0.25) is 24.1 Å². The highest BCUT2D eigenvalue weighted by Crippen LogP contribution is 2.43. The number of amides is 2. The molecule has 3 aromatic rings.